The number of halogens is 1. The lowest BCUT2D eigenvalue weighted by atomic mass is 10.1. The van der Waals surface area contributed by atoms with Crippen molar-refractivity contribution in [2.75, 3.05) is 0 Å². The monoisotopic (exact) mass is 297 g/mol. The Morgan fingerprint density at radius 3 is 2.61 bits per heavy atom. The molecule has 3 aromatic rings. The Balaban J connectivity index is 2.20. The quantitative estimate of drug-likeness (QED) is 0.618. The lowest BCUT2D eigenvalue weighted by Gasteiger charge is -2.05. The van der Waals surface area contributed by atoms with Crippen molar-refractivity contribution in [1.82, 2.24) is 4.98 Å². The zero-order valence-corrected chi connectivity index (χ0v) is 11.6. The van der Waals surface area contributed by atoms with Crippen LogP contribution in [0.5, 0.6) is 0 Å². The average molecular weight is 298 g/mol. The summed E-state index contributed by atoms with van der Waals surface area (Å²) in [6, 6.07) is 18.7. The predicted octanol–water partition coefficient (Wildman–Crippen LogP) is 4.97. The van der Waals surface area contributed by atoms with Crippen molar-refractivity contribution in [2.45, 2.75) is 6.92 Å². The molecule has 0 radical (unpaired) electrons. The second kappa shape index (κ2) is 4.54. The number of nitrogens with zero attached hydrogens (tertiary/aromatic N) is 1. The summed E-state index contributed by atoms with van der Waals surface area (Å²) in [5.41, 5.74) is 4.42. The lowest BCUT2D eigenvalue weighted by Crippen LogP contribution is -1.86. The predicted molar refractivity (Wildman–Crippen MR) is 79.6 cm³/mol. The summed E-state index contributed by atoms with van der Waals surface area (Å²) in [7, 11) is 0. The summed E-state index contributed by atoms with van der Waals surface area (Å²) in [5, 5.41) is 1.19. The van der Waals surface area contributed by atoms with Crippen LogP contribution in [0.2, 0.25) is 0 Å². The Morgan fingerprint density at radius 2 is 1.78 bits per heavy atom. The van der Waals surface area contributed by atoms with Gasteiger partial charge in [-0.25, -0.2) is 4.98 Å². The minimum atomic E-state index is 0.999. The highest BCUT2D eigenvalue weighted by atomic mass is 79.9. The number of hydrogen-bond acceptors (Lipinski definition) is 1. The van der Waals surface area contributed by atoms with Crippen LogP contribution >= 0.6 is 15.9 Å². The van der Waals surface area contributed by atoms with E-state index in [0.717, 1.165) is 21.2 Å². The highest BCUT2D eigenvalue weighted by molar-refractivity contribution is 9.10. The van der Waals surface area contributed by atoms with Gasteiger partial charge in [0.15, 0.2) is 0 Å². The minimum absolute atomic E-state index is 0.999. The van der Waals surface area contributed by atoms with Gasteiger partial charge in [-0.15, -0.1) is 0 Å². The van der Waals surface area contributed by atoms with E-state index in [0.29, 0.717) is 0 Å². The molecule has 0 unspecified atom stereocenters. The van der Waals surface area contributed by atoms with Crippen LogP contribution in [0.1, 0.15) is 5.56 Å². The maximum Gasteiger partial charge on any atom is 0.0721 e. The van der Waals surface area contributed by atoms with E-state index in [4.69, 9.17) is 4.98 Å². The topological polar surface area (TPSA) is 12.9 Å². The first-order chi connectivity index (χ1) is 8.74. The Morgan fingerprint density at radius 1 is 0.944 bits per heavy atom. The molecule has 1 aromatic heterocycles. The van der Waals surface area contributed by atoms with E-state index in [1.165, 1.54) is 10.9 Å². The number of hydrogen-bond donors (Lipinski definition) is 0. The molecule has 1 heterocycles. The summed E-state index contributed by atoms with van der Waals surface area (Å²) in [4.78, 5) is 4.72. The Hall–Kier alpha value is -1.67. The molecule has 0 fully saturated rings. The first-order valence-corrected chi connectivity index (χ1v) is 6.66. The second-order valence-corrected chi connectivity index (χ2v) is 5.23. The van der Waals surface area contributed by atoms with E-state index in [1.807, 2.05) is 18.2 Å². The van der Waals surface area contributed by atoms with Gasteiger partial charge in [0.05, 0.1) is 11.2 Å². The number of rotatable bonds is 1. The highest BCUT2D eigenvalue weighted by Crippen LogP contribution is 2.28. The van der Waals surface area contributed by atoms with E-state index in [9.17, 15) is 0 Å². The lowest BCUT2D eigenvalue weighted by molar-refractivity contribution is 1.38. The Labute approximate surface area is 115 Å². The maximum atomic E-state index is 4.72. The zero-order valence-electron chi connectivity index (χ0n) is 10.0. The number of pyridine rings is 1. The molecule has 1 nitrogen and oxygen atoms in total. The molecule has 2 heteroatoms. The fourth-order valence-corrected chi connectivity index (χ4v) is 2.55. The standard InChI is InChI=1S/C16H12BrN/c1-11-6-8-15-12(10-11)7-9-16(18-15)13-4-2-3-5-14(13)17/h2-10H,1H3. The molecule has 0 aliphatic carbocycles. The summed E-state index contributed by atoms with van der Waals surface area (Å²) >= 11 is 3.57. The summed E-state index contributed by atoms with van der Waals surface area (Å²) in [6.07, 6.45) is 0. The first-order valence-electron chi connectivity index (χ1n) is 5.86. The van der Waals surface area contributed by atoms with Gasteiger partial charge in [0.1, 0.15) is 0 Å². The van der Waals surface area contributed by atoms with Crippen LogP contribution in [0.15, 0.2) is 59.1 Å². The van der Waals surface area contributed by atoms with Gasteiger partial charge in [-0.05, 0) is 31.2 Å². The maximum absolute atomic E-state index is 4.72. The van der Waals surface area contributed by atoms with Gasteiger partial charge in [0.2, 0.25) is 0 Å². The Bertz CT molecular complexity index is 719. The van der Waals surface area contributed by atoms with Crippen molar-refractivity contribution < 1.29 is 0 Å². The third-order valence-electron chi connectivity index (χ3n) is 2.99. The third kappa shape index (κ3) is 2.04. The minimum Gasteiger partial charge on any atom is -0.248 e. The Kier molecular flexibility index (Phi) is 2.88. The number of aromatic nitrogens is 1. The van der Waals surface area contributed by atoms with Crippen molar-refractivity contribution >= 4 is 26.8 Å². The van der Waals surface area contributed by atoms with Crippen molar-refractivity contribution in [3.05, 3.63) is 64.6 Å². The van der Waals surface area contributed by atoms with Crippen LogP contribution in [0.25, 0.3) is 22.2 Å². The number of fused-ring (bicyclic) bond motifs is 1. The van der Waals surface area contributed by atoms with Crippen molar-refractivity contribution in [1.29, 1.82) is 0 Å². The van der Waals surface area contributed by atoms with Gasteiger partial charge in [-0.2, -0.15) is 0 Å². The molecular formula is C16H12BrN. The molecule has 88 valence electrons. The van der Waals surface area contributed by atoms with E-state index < -0.39 is 0 Å². The fourth-order valence-electron chi connectivity index (χ4n) is 2.06. The van der Waals surface area contributed by atoms with E-state index in [-0.39, 0.29) is 0 Å². The van der Waals surface area contributed by atoms with Gasteiger partial charge in [-0.1, -0.05) is 51.8 Å². The molecule has 3 rings (SSSR count). The van der Waals surface area contributed by atoms with Crippen LogP contribution < -0.4 is 0 Å². The van der Waals surface area contributed by atoms with Gasteiger partial charge < -0.3 is 0 Å². The SMILES string of the molecule is Cc1ccc2nc(-c3ccccc3Br)ccc2c1. The molecule has 18 heavy (non-hydrogen) atoms. The molecule has 0 aliphatic heterocycles. The van der Waals surface area contributed by atoms with Gasteiger partial charge >= 0.3 is 0 Å². The highest BCUT2D eigenvalue weighted by Gasteiger charge is 2.04. The van der Waals surface area contributed by atoms with Crippen molar-refractivity contribution in [3.63, 3.8) is 0 Å². The largest absolute Gasteiger partial charge is 0.248 e. The van der Waals surface area contributed by atoms with E-state index in [2.05, 4.69) is 59.3 Å². The second-order valence-electron chi connectivity index (χ2n) is 4.37. The number of aryl methyl sites for hydroxylation is 1. The summed E-state index contributed by atoms with van der Waals surface area (Å²) in [6.45, 7) is 2.10. The molecule has 0 saturated heterocycles. The summed E-state index contributed by atoms with van der Waals surface area (Å²) in [5.74, 6) is 0. The van der Waals surface area contributed by atoms with E-state index >= 15 is 0 Å². The molecule has 0 spiro atoms. The first kappa shape index (κ1) is 11.4. The van der Waals surface area contributed by atoms with Crippen molar-refractivity contribution in [2.24, 2.45) is 0 Å². The van der Waals surface area contributed by atoms with Gasteiger partial charge in [0, 0.05) is 15.4 Å². The third-order valence-corrected chi connectivity index (χ3v) is 3.69. The average Bonchev–Trinajstić information content (AvgIpc) is 2.39. The molecule has 2 aromatic carbocycles. The zero-order chi connectivity index (χ0) is 12.5. The molecule has 0 aliphatic rings. The van der Waals surface area contributed by atoms with Gasteiger partial charge in [0.25, 0.3) is 0 Å². The summed E-state index contributed by atoms with van der Waals surface area (Å²) < 4.78 is 1.07. The fraction of sp³-hybridized carbons (Fsp3) is 0.0625. The van der Waals surface area contributed by atoms with Crippen LogP contribution in [-0.4, -0.2) is 4.98 Å². The van der Waals surface area contributed by atoms with Gasteiger partial charge in [-0.3, -0.25) is 0 Å². The molecule has 0 atom stereocenters. The van der Waals surface area contributed by atoms with Crippen molar-refractivity contribution in [3.8, 4) is 11.3 Å². The number of benzene rings is 2. The van der Waals surface area contributed by atoms with E-state index in [1.54, 1.807) is 0 Å². The van der Waals surface area contributed by atoms with Crippen LogP contribution in [-0.2, 0) is 0 Å². The normalized spacial score (nSPS) is 10.8. The smallest absolute Gasteiger partial charge is 0.0721 e. The molecule has 0 amide bonds. The molecule has 0 saturated carbocycles. The van der Waals surface area contributed by atoms with Crippen LogP contribution in [0.3, 0.4) is 0 Å². The molecular weight excluding hydrogens is 286 g/mol. The van der Waals surface area contributed by atoms with Crippen LogP contribution in [0.4, 0.5) is 0 Å². The van der Waals surface area contributed by atoms with Crippen LogP contribution in [0, 0.1) is 6.92 Å². The molecule has 0 bridgehead atoms. The molecule has 0 N–H and O–H groups in total.